The molecule has 18 heavy (non-hydrogen) atoms. The summed E-state index contributed by atoms with van der Waals surface area (Å²) in [4.78, 5) is 26.2. The number of ether oxygens (including phenoxy) is 1. The van der Waals surface area contributed by atoms with E-state index in [1.54, 1.807) is 24.4 Å². The number of nitrogens with two attached hydrogens (primary N) is 1. The van der Waals surface area contributed by atoms with Crippen LogP contribution in [0.2, 0.25) is 0 Å². The van der Waals surface area contributed by atoms with Crippen LogP contribution in [0, 0.1) is 0 Å². The molecule has 3 N–H and O–H groups in total. The average molecular weight is 249 g/mol. The molecule has 2 heterocycles. The molecule has 0 aliphatic heterocycles. The number of carboxylic acid groups (broad SMARTS) is 1. The van der Waals surface area contributed by atoms with Crippen molar-refractivity contribution in [2.75, 3.05) is 6.61 Å². The molecule has 1 unspecified atom stereocenters. The van der Waals surface area contributed by atoms with Gasteiger partial charge >= 0.3 is 5.97 Å². The van der Waals surface area contributed by atoms with Gasteiger partial charge in [-0.2, -0.15) is 4.98 Å². The molecular formula is C11H11N3O4. The molecule has 2 aromatic heterocycles. The second-order valence-electron chi connectivity index (χ2n) is 3.62. The first-order valence-electron chi connectivity index (χ1n) is 5.17. The number of carboxylic acids is 1. The molecule has 0 amide bonds. The van der Waals surface area contributed by atoms with Crippen molar-refractivity contribution < 1.29 is 14.6 Å². The van der Waals surface area contributed by atoms with Gasteiger partial charge in [-0.1, -0.05) is 6.07 Å². The Hall–Kier alpha value is -2.41. The van der Waals surface area contributed by atoms with Crippen LogP contribution < -0.4 is 16.0 Å². The van der Waals surface area contributed by atoms with Crippen LogP contribution in [0.3, 0.4) is 0 Å². The van der Waals surface area contributed by atoms with Gasteiger partial charge in [-0.3, -0.25) is 14.0 Å². The molecule has 2 aromatic rings. The van der Waals surface area contributed by atoms with Crippen LogP contribution in [0.5, 0.6) is 5.88 Å². The predicted octanol–water partition coefficient (Wildman–Crippen LogP) is -0.515. The van der Waals surface area contributed by atoms with Crippen LogP contribution in [0.1, 0.15) is 0 Å². The normalized spacial score (nSPS) is 12.3. The Balaban J connectivity index is 2.25. The second kappa shape index (κ2) is 4.84. The minimum Gasteiger partial charge on any atom is -0.480 e. The smallest absolute Gasteiger partial charge is 0.324 e. The summed E-state index contributed by atoms with van der Waals surface area (Å²) < 4.78 is 6.44. The SMILES string of the molecule is NC(COc1cc(=O)n2ccccc2n1)C(=O)O. The van der Waals surface area contributed by atoms with Crippen LogP contribution in [0.15, 0.2) is 35.3 Å². The van der Waals surface area contributed by atoms with Gasteiger partial charge in [-0.15, -0.1) is 0 Å². The zero-order valence-corrected chi connectivity index (χ0v) is 9.31. The molecule has 0 saturated carbocycles. The largest absolute Gasteiger partial charge is 0.480 e. The lowest BCUT2D eigenvalue weighted by Gasteiger charge is -2.08. The monoisotopic (exact) mass is 249 g/mol. The summed E-state index contributed by atoms with van der Waals surface area (Å²) in [5.41, 5.74) is 5.39. The van der Waals surface area contributed by atoms with Crippen molar-refractivity contribution in [2.24, 2.45) is 5.73 Å². The zero-order chi connectivity index (χ0) is 13.1. The summed E-state index contributed by atoms with van der Waals surface area (Å²) >= 11 is 0. The number of fused-ring (bicyclic) bond motifs is 1. The van der Waals surface area contributed by atoms with Crippen molar-refractivity contribution in [3.05, 3.63) is 40.8 Å². The summed E-state index contributed by atoms with van der Waals surface area (Å²) in [6.07, 6.45) is 1.58. The second-order valence-corrected chi connectivity index (χ2v) is 3.62. The lowest BCUT2D eigenvalue weighted by Crippen LogP contribution is -2.36. The van der Waals surface area contributed by atoms with Gasteiger partial charge in [0.15, 0.2) is 0 Å². The zero-order valence-electron chi connectivity index (χ0n) is 9.31. The molecule has 0 fully saturated rings. The lowest BCUT2D eigenvalue weighted by atomic mass is 10.3. The van der Waals surface area contributed by atoms with E-state index in [1.165, 1.54) is 10.5 Å². The number of pyridine rings is 1. The van der Waals surface area contributed by atoms with E-state index in [1.807, 2.05) is 0 Å². The van der Waals surface area contributed by atoms with Gasteiger partial charge in [-0.05, 0) is 12.1 Å². The standard InChI is InChI=1S/C11H11N3O4/c12-7(11(16)17)6-18-9-5-10(15)14-4-2-1-3-8(14)13-9/h1-5,7H,6,12H2,(H,16,17). The third kappa shape index (κ3) is 2.46. The van der Waals surface area contributed by atoms with Crippen molar-refractivity contribution in [1.82, 2.24) is 9.38 Å². The highest BCUT2D eigenvalue weighted by Gasteiger charge is 2.13. The van der Waals surface area contributed by atoms with Crippen LogP contribution in [-0.4, -0.2) is 33.1 Å². The van der Waals surface area contributed by atoms with E-state index in [9.17, 15) is 9.59 Å². The number of hydrogen-bond acceptors (Lipinski definition) is 5. The highest BCUT2D eigenvalue weighted by molar-refractivity contribution is 5.73. The van der Waals surface area contributed by atoms with Crippen LogP contribution in [-0.2, 0) is 4.79 Å². The number of aromatic nitrogens is 2. The fourth-order valence-electron chi connectivity index (χ4n) is 1.35. The molecular weight excluding hydrogens is 238 g/mol. The Morgan fingerprint density at radius 1 is 1.56 bits per heavy atom. The van der Waals surface area contributed by atoms with Gasteiger partial charge in [0.25, 0.3) is 5.56 Å². The van der Waals surface area contributed by atoms with Crippen molar-refractivity contribution in [3.8, 4) is 5.88 Å². The van der Waals surface area contributed by atoms with Gasteiger partial charge in [0.05, 0.1) is 6.07 Å². The molecule has 1 atom stereocenters. The van der Waals surface area contributed by atoms with Gasteiger partial charge in [0.2, 0.25) is 5.88 Å². The first-order chi connectivity index (χ1) is 8.58. The summed E-state index contributed by atoms with van der Waals surface area (Å²) in [5, 5.41) is 8.60. The Kier molecular flexibility index (Phi) is 3.24. The van der Waals surface area contributed by atoms with Gasteiger partial charge in [-0.25, -0.2) is 0 Å². The lowest BCUT2D eigenvalue weighted by molar-refractivity contribution is -0.139. The molecule has 0 saturated heterocycles. The summed E-state index contributed by atoms with van der Waals surface area (Å²) in [5.74, 6) is -1.12. The van der Waals surface area contributed by atoms with E-state index in [-0.39, 0.29) is 18.0 Å². The third-order valence-electron chi connectivity index (χ3n) is 2.28. The Morgan fingerprint density at radius 2 is 2.33 bits per heavy atom. The highest BCUT2D eigenvalue weighted by Crippen LogP contribution is 2.05. The minimum atomic E-state index is -1.17. The van der Waals surface area contributed by atoms with E-state index < -0.39 is 12.0 Å². The Bertz CT molecular complexity index is 637. The van der Waals surface area contributed by atoms with Crippen molar-refractivity contribution >= 4 is 11.6 Å². The van der Waals surface area contributed by atoms with E-state index in [0.29, 0.717) is 5.65 Å². The maximum absolute atomic E-state index is 11.7. The quantitative estimate of drug-likeness (QED) is 0.755. The van der Waals surface area contributed by atoms with Gasteiger partial charge in [0, 0.05) is 6.20 Å². The fourth-order valence-corrected chi connectivity index (χ4v) is 1.35. The van der Waals surface area contributed by atoms with Crippen molar-refractivity contribution in [2.45, 2.75) is 6.04 Å². The molecule has 94 valence electrons. The molecule has 0 aromatic carbocycles. The van der Waals surface area contributed by atoms with E-state index >= 15 is 0 Å². The number of hydrogen-bond donors (Lipinski definition) is 2. The van der Waals surface area contributed by atoms with Crippen molar-refractivity contribution in [3.63, 3.8) is 0 Å². The molecule has 7 nitrogen and oxygen atoms in total. The molecule has 7 heteroatoms. The van der Waals surface area contributed by atoms with Crippen LogP contribution >= 0.6 is 0 Å². The molecule has 0 radical (unpaired) electrons. The maximum Gasteiger partial charge on any atom is 0.324 e. The molecule has 2 rings (SSSR count). The van der Waals surface area contributed by atoms with E-state index in [0.717, 1.165) is 0 Å². The highest BCUT2D eigenvalue weighted by atomic mass is 16.5. The van der Waals surface area contributed by atoms with Crippen molar-refractivity contribution in [1.29, 1.82) is 0 Å². The van der Waals surface area contributed by atoms with E-state index in [2.05, 4.69) is 4.98 Å². The van der Waals surface area contributed by atoms with Gasteiger partial charge < -0.3 is 15.6 Å². The average Bonchev–Trinajstić information content (AvgIpc) is 2.36. The molecule has 0 spiro atoms. The number of nitrogens with zero attached hydrogens (tertiary/aromatic N) is 2. The fraction of sp³-hybridized carbons (Fsp3) is 0.182. The van der Waals surface area contributed by atoms with E-state index in [4.69, 9.17) is 15.6 Å². The van der Waals surface area contributed by atoms with Crippen LogP contribution in [0.4, 0.5) is 0 Å². The number of aliphatic carboxylic acids is 1. The third-order valence-corrected chi connectivity index (χ3v) is 2.28. The molecule has 0 aliphatic rings. The van der Waals surface area contributed by atoms with Gasteiger partial charge in [0.1, 0.15) is 18.3 Å². The Labute approximate surface area is 101 Å². The van der Waals surface area contributed by atoms with Crippen LogP contribution in [0.25, 0.3) is 5.65 Å². The number of rotatable bonds is 4. The summed E-state index contributed by atoms with van der Waals surface area (Å²) in [6, 6.07) is 5.11. The first-order valence-corrected chi connectivity index (χ1v) is 5.17. The maximum atomic E-state index is 11.7. The minimum absolute atomic E-state index is 0.0582. The number of carbonyl (C=O) groups is 1. The summed E-state index contributed by atoms with van der Waals surface area (Å²) in [6.45, 7) is -0.245. The Morgan fingerprint density at radius 3 is 3.06 bits per heavy atom. The predicted molar refractivity (Wildman–Crippen MR) is 62.6 cm³/mol. The summed E-state index contributed by atoms with van der Waals surface area (Å²) in [7, 11) is 0. The molecule has 0 bridgehead atoms. The first kappa shape index (κ1) is 12.1. The topological polar surface area (TPSA) is 107 Å². The molecule has 0 aliphatic carbocycles.